The molecule has 7 heteroatoms. The fourth-order valence-electron chi connectivity index (χ4n) is 1.59. The number of hydrogen-bond acceptors (Lipinski definition) is 5. The maximum atomic E-state index is 11.6. The second kappa shape index (κ2) is 6.11. The van der Waals surface area contributed by atoms with Crippen LogP contribution in [0.5, 0.6) is 0 Å². The predicted octanol–water partition coefficient (Wildman–Crippen LogP) is 4.71. The Morgan fingerprint density at radius 3 is 2.80 bits per heavy atom. The van der Waals surface area contributed by atoms with Crippen molar-refractivity contribution in [2.24, 2.45) is 0 Å². The smallest absolute Gasteiger partial charge is 0.350 e. The zero-order valence-electron chi connectivity index (χ0n) is 11.1. The standard InChI is InChI=1S/C13H12BrClN2O2S/c1-6-4-8(14)10(5-9(6)15)17-13-16-7(2)11(20-13)12(18)19-3/h4-5H,1-3H3,(H,16,17). The van der Waals surface area contributed by atoms with Crippen LogP contribution < -0.4 is 5.32 Å². The number of carbonyl (C=O) groups excluding carboxylic acids is 1. The Kier molecular flexibility index (Phi) is 4.67. The van der Waals surface area contributed by atoms with Crippen molar-refractivity contribution in [2.75, 3.05) is 12.4 Å². The van der Waals surface area contributed by atoms with Gasteiger partial charge in [-0.25, -0.2) is 9.78 Å². The van der Waals surface area contributed by atoms with Gasteiger partial charge in [0.1, 0.15) is 4.88 Å². The summed E-state index contributed by atoms with van der Waals surface area (Å²) in [5, 5.41) is 4.43. The summed E-state index contributed by atoms with van der Waals surface area (Å²) in [4.78, 5) is 16.4. The van der Waals surface area contributed by atoms with Gasteiger partial charge in [-0.05, 0) is 47.5 Å². The number of rotatable bonds is 3. The molecule has 0 aliphatic carbocycles. The monoisotopic (exact) mass is 374 g/mol. The van der Waals surface area contributed by atoms with Crippen LogP contribution in [-0.4, -0.2) is 18.1 Å². The van der Waals surface area contributed by atoms with Crippen LogP contribution >= 0.6 is 38.9 Å². The molecule has 0 saturated carbocycles. The Balaban J connectivity index is 2.31. The van der Waals surface area contributed by atoms with Gasteiger partial charge in [0.25, 0.3) is 0 Å². The topological polar surface area (TPSA) is 51.2 Å². The Morgan fingerprint density at radius 1 is 1.45 bits per heavy atom. The van der Waals surface area contributed by atoms with E-state index in [0.29, 0.717) is 20.7 Å². The van der Waals surface area contributed by atoms with Crippen LogP contribution in [0.3, 0.4) is 0 Å². The van der Waals surface area contributed by atoms with Crippen LogP contribution in [0.2, 0.25) is 5.02 Å². The van der Waals surface area contributed by atoms with Crippen LogP contribution in [0.25, 0.3) is 0 Å². The lowest BCUT2D eigenvalue weighted by Crippen LogP contribution is -1.99. The SMILES string of the molecule is COC(=O)c1sc(Nc2cc(Cl)c(C)cc2Br)nc1C. The summed E-state index contributed by atoms with van der Waals surface area (Å²) in [7, 11) is 1.35. The fraction of sp³-hybridized carbons (Fsp3) is 0.231. The molecule has 0 bridgehead atoms. The average Bonchev–Trinajstić information content (AvgIpc) is 2.76. The van der Waals surface area contributed by atoms with Gasteiger partial charge in [-0.3, -0.25) is 0 Å². The number of ether oxygens (including phenoxy) is 1. The van der Waals surface area contributed by atoms with Crippen molar-refractivity contribution in [1.29, 1.82) is 0 Å². The predicted molar refractivity (Wildman–Crippen MR) is 85.4 cm³/mol. The normalized spacial score (nSPS) is 10.4. The van der Waals surface area contributed by atoms with E-state index in [-0.39, 0.29) is 5.97 Å². The maximum absolute atomic E-state index is 11.6. The number of halogens is 2. The van der Waals surface area contributed by atoms with Gasteiger partial charge in [-0.2, -0.15) is 0 Å². The quantitative estimate of drug-likeness (QED) is 0.790. The van der Waals surface area contributed by atoms with Gasteiger partial charge in [0.15, 0.2) is 5.13 Å². The summed E-state index contributed by atoms with van der Waals surface area (Å²) in [6.45, 7) is 3.70. The third-order valence-electron chi connectivity index (χ3n) is 2.66. The highest BCUT2D eigenvalue weighted by Gasteiger charge is 2.16. The molecular formula is C13H12BrClN2O2S. The molecule has 2 aromatic rings. The highest BCUT2D eigenvalue weighted by Crippen LogP contribution is 2.33. The number of anilines is 2. The first kappa shape index (κ1) is 15.3. The molecule has 0 unspecified atom stereocenters. The summed E-state index contributed by atoms with van der Waals surface area (Å²) in [6.07, 6.45) is 0. The molecule has 0 amide bonds. The molecule has 0 aliphatic rings. The van der Waals surface area contributed by atoms with Crippen molar-refractivity contribution < 1.29 is 9.53 Å². The molecule has 0 atom stereocenters. The molecule has 20 heavy (non-hydrogen) atoms. The lowest BCUT2D eigenvalue weighted by Gasteiger charge is -2.08. The van der Waals surface area contributed by atoms with Crippen LogP contribution in [0.15, 0.2) is 16.6 Å². The molecule has 106 valence electrons. The number of carbonyl (C=O) groups is 1. The van der Waals surface area contributed by atoms with Crippen LogP contribution in [0.1, 0.15) is 20.9 Å². The second-order valence-corrected chi connectivity index (χ2v) is 6.39. The minimum atomic E-state index is -0.381. The molecule has 4 nitrogen and oxygen atoms in total. The van der Waals surface area contributed by atoms with Crippen molar-refractivity contribution in [3.8, 4) is 0 Å². The zero-order valence-corrected chi connectivity index (χ0v) is 14.2. The van der Waals surface area contributed by atoms with Crippen molar-refractivity contribution >= 4 is 55.7 Å². The van der Waals surface area contributed by atoms with E-state index in [9.17, 15) is 4.79 Å². The average molecular weight is 376 g/mol. The number of benzene rings is 1. The largest absolute Gasteiger partial charge is 0.465 e. The summed E-state index contributed by atoms with van der Waals surface area (Å²) in [6, 6.07) is 3.74. The lowest BCUT2D eigenvalue weighted by atomic mass is 10.2. The van der Waals surface area contributed by atoms with Crippen LogP contribution in [0.4, 0.5) is 10.8 Å². The Labute approximate surface area is 134 Å². The molecule has 0 fully saturated rings. The van der Waals surface area contributed by atoms with E-state index in [4.69, 9.17) is 16.3 Å². The first-order valence-corrected chi connectivity index (χ1v) is 7.69. The van der Waals surface area contributed by atoms with Crippen LogP contribution in [-0.2, 0) is 4.74 Å². The van der Waals surface area contributed by atoms with E-state index in [2.05, 4.69) is 26.2 Å². The lowest BCUT2D eigenvalue weighted by molar-refractivity contribution is 0.0605. The first-order valence-electron chi connectivity index (χ1n) is 5.70. The van der Waals surface area contributed by atoms with Gasteiger partial charge in [0, 0.05) is 9.50 Å². The molecule has 0 spiro atoms. The fourth-order valence-corrected chi connectivity index (χ4v) is 3.21. The molecule has 0 radical (unpaired) electrons. The summed E-state index contributed by atoms with van der Waals surface area (Å²) < 4.78 is 5.59. The number of thiazole rings is 1. The van der Waals surface area contributed by atoms with E-state index in [1.165, 1.54) is 18.4 Å². The van der Waals surface area contributed by atoms with Crippen molar-refractivity contribution in [1.82, 2.24) is 4.98 Å². The highest BCUT2D eigenvalue weighted by molar-refractivity contribution is 9.10. The number of hydrogen-bond donors (Lipinski definition) is 1. The van der Waals surface area contributed by atoms with E-state index in [1.807, 2.05) is 19.1 Å². The van der Waals surface area contributed by atoms with Crippen molar-refractivity contribution in [2.45, 2.75) is 13.8 Å². The molecule has 1 heterocycles. The highest BCUT2D eigenvalue weighted by atomic mass is 79.9. The van der Waals surface area contributed by atoms with Crippen LogP contribution in [0, 0.1) is 13.8 Å². The minimum Gasteiger partial charge on any atom is -0.465 e. The summed E-state index contributed by atoms with van der Waals surface area (Å²) in [5.41, 5.74) is 2.42. The number of aromatic nitrogens is 1. The van der Waals surface area contributed by atoms with Gasteiger partial charge in [-0.1, -0.05) is 22.9 Å². The van der Waals surface area contributed by atoms with E-state index >= 15 is 0 Å². The van der Waals surface area contributed by atoms with E-state index in [1.54, 1.807) is 6.92 Å². The van der Waals surface area contributed by atoms with Gasteiger partial charge < -0.3 is 10.1 Å². The third-order valence-corrected chi connectivity index (χ3v) is 4.77. The molecule has 2 rings (SSSR count). The van der Waals surface area contributed by atoms with Crippen molar-refractivity contribution in [3.63, 3.8) is 0 Å². The summed E-state index contributed by atoms with van der Waals surface area (Å²) >= 11 is 10.8. The number of aryl methyl sites for hydroxylation is 2. The van der Waals surface area contributed by atoms with E-state index in [0.717, 1.165) is 15.7 Å². The van der Waals surface area contributed by atoms with E-state index < -0.39 is 0 Å². The minimum absolute atomic E-state index is 0.381. The third kappa shape index (κ3) is 3.13. The van der Waals surface area contributed by atoms with Gasteiger partial charge in [0.2, 0.25) is 0 Å². The zero-order chi connectivity index (χ0) is 14.9. The molecule has 1 aromatic heterocycles. The van der Waals surface area contributed by atoms with Gasteiger partial charge in [0.05, 0.1) is 18.5 Å². The molecule has 1 N–H and O–H groups in total. The Morgan fingerprint density at radius 2 is 2.15 bits per heavy atom. The second-order valence-electron chi connectivity index (χ2n) is 4.13. The molecule has 0 saturated heterocycles. The number of nitrogens with zero attached hydrogens (tertiary/aromatic N) is 1. The first-order chi connectivity index (χ1) is 9.42. The number of nitrogens with one attached hydrogen (secondary N) is 1. The number of esters is 1. The maximum Gasteiger partial charge on any atom is 0.350 e. The molecule has 1 aromatic carbocycles. The molecule has 0 aliphatic heterocycles. The Hall–Kier alpha value is -1.11. The van der Waals surface area contributed by atoms with Crippen molar-refractivity contribution in [3.05, 3.63) is 37.8 Å². The van der Waals surface area contributed by atoms with Gasteiger partial charge >= 0.3 is 5.97 Å². The number of methoxy groups -OCH3 is 1. The summed E-state index contributed by atoms with van der Waals surface area (Å²) in [5.74, 6) is -0.381. The Bertz CT molecular complexity index is 673. The van der Waals surface area contributed by atoms with Gasteiger partial charge in [-0.15, -0.1) is 0 Å². The molecular weight excluding hydrogens is 364 g/mol.